The average Bonchev–Trinajstić information content (AvgIpc) is 2.65. The van der Waals surface area contributed by atoms with Gasteiger partial charge in [0.2, 0.25) is 5.91 Å². The zero-order valence-electron chi connectivity index (χ0n) is 15.3. The van der Waals surface area contributed by atoms with Crippen LogP contribution in [0.3, 0.4) is 0 Å². The molecular formula is C22H30N2O. The molecule has 0 bridgehead atoms. The van der Waals surface area contributed by atoms with Gasteiger partial charge in [0, 0.05) is 17.5 Å². The van der Waals surface area contributed by atoms with Gasteiger partial charge in [0.05, 0.1) is 0 Å². The van der Waals surface area contributed by atoms with Crippen LogP contribution in [-0.2, 0) is 4.79 Å². The number of pyridine rings is 1. The van der Waals surface area contributed by atoms with Gasteiger partial charge in [0.1, 0.15) is 5.82 Å². The lowest BCUT2D eigenvalue weighted by atomic mass is 9.79. The first-order valence-electron chi connectivity index (χ1n) is 9.92. The number of benzene rings is 1. The molecule has 1 aliphatic rings. The number of aromatic nitrogens is 1. The van der Waals surface area contributed by atoms with Gasteiger partial charge in [-0.2, -0.15) is 0 Å². The van der Waals surface area contributed by atoms with Gasteiger partial charge in [-0.05, 0) is 43.1 Å². The molecule has 1 aromatic carbocycles. The highest BCUT2D eigenvalue weighted by molar-refractivity contribution is 5.94. The van der Waals surface area contributed by atoms with Crippen molar-refractivity contribution in [2.24, 2.45) is 11.8 Å². The monoisotopic (exact) mass is 338 g/mol. The maximum Gasteiger partial charge on any atom is 0.228 e. The molecule has 3 nitrogen and oxygen atoms in total. The number of hydrogen-bond donors (Lipinski definition) is 1. The van der Waals surface area contributed by atoms with Crippen molar-refractivity contribution < 1.29 is 4.79 Å². The van der Waals surface area contributed by atoms with Gasteiger partial charge in [0.15, 0.2) is 0 Å². The Hall–Kier alpha value is -1.90. The Balaban J connectivity index is 1.47. The van der Waals surface area contributed by atoms with Gasteiger partial charge in [-0.1, -0.05) is 63.3 Å². The molecule has 0 spiro atoms. The van der Waals surface area contributed by atoms with Crippen LogP contribution >= 0.6 is 0 Å². The molecule has 1 aliphatic carbocycles. The summed E-state index contributed by atoms with van der Waals surface area (Å²) in [5.74, 6) is 1.80. The van der Waals surface area contributed by atoms with Crippen LogP contribution in [0.15, 0.2) is 36.5 Å². The molecule has 0 atom stereocenters. The van der Waals surface area contributed by atoms with E-state index in [9.17, 15) is 4.79 Å². The predicted molar refractivity (Wildman–Crippen MR) is 105 cm³/mol. The molecule has 1 heterocycles. The maximum atomic E-state index is 12.6. The highest BCUT2D eigenvalue weighted by Gasteiger charge is 2.26. The summed E-state index contributed by atoms with van der Waals surface area (Å²) >= 11 is 0. The zero-order valence-corrected chi connectivity index (χ0v) is 15.3. The fraction of sp³-hybridized carbons (Fsp3) is 0.545. The number of anilines is 1. The number of carbonyl (C=O) groups is 1. The van der Waals surface area contributed by atoms with E-state index in [0.29, 0.717) is 5.82 Å². The number of nitrogens with zero attached hydrogens (tertiary/aromatic N) is 1. The molecule has 3 heteroatoms. The molecule has 2 aromatic rings. The van der Waals surface area contributed by atoms with Crippen molar-refractivity contribution in [1.29, 1.82) is 0 Å². The topological polar surface area (TPSA) is 42.0 Å². The molecule has 1 fully saturated rings. The molecule has 1 amide bonds. The summed E-state index contributed by atoms with van der Waals surface area (Å²) in [6, 6.07) is 10.1. The van der Waals surface area contributed by atoms with Gasteiger partial charge in [-0.3, -0.25) is 4.79 Å². The van der Waals surface area contributed by atoms with Gasteiger partial charge in [-0.15, -0.1) is 0 Å². The quantitative estimate of drug-likeness (QED) is 0.634. The van der Waals surface area contributed by atoms with Crippen LogP contribution < -0.4 is 5.32 Å². The number of carbonyl (C=O) groups excluding carboxylic acids is 1. The van der Waals surface area contributed by atoms with Crippen LogP contribution in [-0.4, -0.2) is 10.9 Å². The lowest BCUT2D eigenvalue weighted by Gasteiger charge is -2.27. The van der Waals surface area contributed by atoms with Crippen LogP contribution in [0.25, 0.3) is 10.8 Å². The second-order valence-electron chi connectivity index (χ2n) is 7.47. The fourth-order valence-corrected chi connectivity index (χ4v) is 3.95. The largest absolute Gasteiger partial charge is 0.310 e. The first-order valence-corrected chi connectivity index (χ1v) is 9.92. The Bertz CT molecular complexity index is 689. The second kappa shape index (κ2) is 8.98. The van der Waals surface area contributed by atoms with Crippen LogP contribution in [0.2, 0.25) is 0 Å². The third-order valence-electron chi connectivity index (χ3n) is 5.57. The van der Waals surface area contributed by atoms with E-state index in [4.69, 9.17) is 0 Å². The molecule has 25 heavy (non-hydrogen) atoms. The number of hydrogen-bond acceptors (Lipinski definition) is 2. The van der Waals surface area contributed by atoms with Gasteiger partial charge in [0.25, 0.3) is 0 Å². The normalized spacial score (nSPS) is 20.5. The molecule has 1 N–H and O–H groups in total. The maximum absolute atomic E-state index is 12.6. The molecule has 0 unspecified atom stereocenters. The lowest BCUT2D eigenvalue weighted by molar-refractivity contribution is -0.121. The third-order valence-corrected chi connectivity index (χ3v) is 5.57. The lowest BCUT2D eigenvalue weighted by Crippen LogP contribution is -2.27. The summed E-state index contributed by atoms with van der Waals surface area (Å²) in [5.41, 5.74) is 0. The van der Waals surface area contributed by atoms with E-state index >= 15 is 0 Å². The first-order chi connectivity index (χ1) is 12.3. The summed E-state index contributed by atoms with van der Waals surface area (Å²) in [6.45, 7) is 2.26. The molecule has 1 aromatic heterocycles. The van der Waals surface area contributed by atoms with Crippen LogP contribution in [0.5, 0.6) is 0 Å². The number of amides is 1. The second-order valence-corrected chi connectivity index (χ2v) is 7.47. The van der Waals surface area contributed by atoms with Crippen molar-refractivity contribution in [3.8, 4) is 0 Å². The van der Waals surface area contributed by atoms with E-state index in [-0.39, 0.29) is 11.8 Å². The molecule has 0 radical (unpaired) electrons. The fourth-order valence-electron chi connectivity index (χ4n) is 3.95. The predicted octanol–water partition coefficient (Wildman–Crippen LogP) is 5.95. The number of rotatable bonds is 7. The number of fused-ring (bicyclic) bond motifs is 1. The van der Waals surface area contributed by atoms with Gasteiger partial charge >= 0.3 is 0 Å². The third kappa shape index (κ3) is 5.04. The number of unbranched alkanes of at least 4 members (excludes halogenated alkanes) is 3. The van der Waals surface area contributed by atoms with Crippen LogP contribution in [0.1, 0.15) is 64.7 Å². The van der Waals surface area contributed by atoms with E-state index in [1.165, 1.54) is 44.9 Å². The Kier molecular flexibility index (Phi) is 6.43. The Morgan fingerprint density at radius 2 is 1.84 bits per heavy atom. The van der Waals surface area contributed by atoms with E-state index in [1.54, 1.807) is 0 Å². The standard InChI is InChI=1S/C22H30N2O/c1-2-3-4-5-8-17-11-13-18(14-12-17)22(25)24-21-15-19-9-6-7-10-20(19)16-23-21/h6-7,9-10,15-18H,2-5,8,11-14H2,1H3,(H,23,24,25). The summed E-state index contributed by atoms with van der Waals surface area (Å²) < 4.78 is 0. The van der Waals surface area contributed by atoms with E-state index in [2.05, 4.69) is 23.3 Å². The van der Waals surface area contributed by atoms with Crippen molar-refractivity contribution >= 4 is 22.5 Å². The molecule has 0 aliphatic heterocycles. The highest BCUT2D eigenvalue weighted by atomic mass is 16.1. The van der Waals surface area contributed by atoms with Crippen LogP contribution in [0.4, 0.5) is 5.82 Å². The van der Waals surface area contributed by atoms with Crippen LogP contribution in [0, 0.1) is 11.8 Å². The molecule has 3 rings (SSSR count). The minimum Gasteiger partial charge on any atom is -0.310 e. The first kappa shape index (κ1) is 17.9. The Morgan fingerprint density at radius 1 is 1.08 bits per heavy atom. The van der Waals surface area contributed by atoms with E-state index in [0.717, 1.165) is 29.5 Å². The van der Waals surface area contributed by atoms with Crippen molar-refractivity contribution in [1.82, 2.24) is 4.98 Å². The summed E-state index contributed by atoms with van der Waals surface area (Å²) in [5, 5.41) is 5.24. The Morgan fingerprint density at radius 3 is 2.60 bits per heavy atom. The highest BCUT2D eigenvalue weighted by Crippen LogP contribution is 2.32. The summed E-state index contributed by atoms with van der Waals surface area (Å²) in [6.07, 6.45) is 13.0. The molecule has 134 valence electrons. The average molecular weight is 338 g/mol. The SMILES string of the molecule is CCCCCCC1CCC(C(=O)Nc2cc3ccccc3cn2)CC1. The molecule has 0 saturated heterocycles. The summed E-state index contributed by atoms with van der Waals surface area (Å²) in [7, 11) is 0. The smallest absolute Gasteiger partial charge is 0.228 e. The number of nitrogens with one attached hydrogen (secondary N) is 1. The van der Waals surface area contributed by atoms with Gasteiger partial charge in [-0.25, -0.2) is 4.98 Å². The van der Waals surface area contributed by atoms with E-state index in [1.807, 2.05) is 30.5 Å². The summed E-state index contributed by atoms with van der Waals surface area (Å²) in [4.78, 5) is 16.9. The van der Waals surface area contributed by atoms with Crippen molar-refractivity contribution in [2.75, 3.05) is 5.32 Å². The molecular weight excluding hydrogens is 308 g/mol. The van der Waals surface area contributed by atoms with E-state index < -0.39 is 0 Å². The van der Waals surface area contributed by atoms with Crippen molar-refractivity contribution in [3.05, 3.63) is 36.5 Å². The minimum atomic E-state index is 0.146. The molecule has 1 saturated carbocycles. The Labute approximate surface area is 151 Å². The van der Waals surface area contributed by atoms with Crippen molar-refractivity contribution in [2.45, 2.75) is 64.7 Å². The zero-order chi connectivity index (χ0) is 17.5. The van der Waals surface area contributed by atoms with Crippen molar-refractivity contribution in [3.63, 3.8) is 0 Å². The van der Waals surface area contributed by atoms with Gasteiger partial charge < -0.3 is 5.32 Å². The minimum absolute atomic E-state index is 0.146.